The Morgan fingerprint density at radius 2 is 1.73 bits per heavy atom. The van der Waals surface area contributed by atoms with Crippen molar-refractivity contribution < 1.29 is 9.59 Å². The maximum absolute atomic E-state index is 12.8. The van der Waals surface area contributed by atoms with Crippen molar-refractivity contribution in [2.75, 3.05) is 6.54 Å². The second-order valence-electron chi connectivity index (χ2n) is 7.12. The number of benzene rings is 2. The van der Waals surface area contributed by atoms with Gasteiger partial charge in [0.25, 0.3) is 11.7 Å². The highest BCUT2D eigenvalue weighted by Gasteiger charge is 2.24. The molecule has 150 valence electrons. The van der Waals surface area contributed by atoms with E-state index in [1.807, 2.05) is 60.7 Å². The second-order valence-corrected chi connectivity index (χ2v) is 7.12. The Kier molecular flexibility index (Phi) is 5.39. The van der Waals surface area contributed by atoms with E-state index in [1.165, 1.54) is 0 Å². The summed E-state index contributed by atoms with van der Waals surface area (Å²) in [4.78, 5) is 29.8. The molecule has 2 aromatic carbocycles. The van der Waals surface area contributed by atoms with Crippen molar-refractivity contribution in [3.63, 3.8) is 0 Å². The quantitative estimate of drug-likeness (QED) is 0.398. The monoisotopic (exact) mass is 398 g/mol. The summed E-state index contributed by atoms with van der Waals surface area (Å²) >= 11 is 0. The lowest BCUT2D eigenvalue weighted by Gasteiger charge is -2.08. The van der Waals surface area contributed by atoms with Gasteiger partial charge in [-0.05, 0) is 44.0 Å². The number of aromatic nitrogens is 3. The van der Waals surface area contributed by atoms with Crippen LogP contribution in [0.3, 0.4) is 0 Å². The number of Topliss-reactive ketones (excluding diaryl/α,β-unsaturated/α-hetero) is 1. The number of hydrogen-bond donors (Lipinski definition) is 1. The third-order valence-corrected chi connectivity index (χ3v) is 5.12. The number of carbonyl (C=O) groups is 2. The van der Waals surface area contributed by atoms with Crippen LogP contribution in [0.4, 0.5) is 0 Å². The van der Waals surface area contributed by atoms with Crippen molar-refractivity contribution in [3.05, 3.63) is 89.4 Å². The van der Waals surface area contributed by atoms with Crippen LogP contribution in [-0.2, 0) is 11.2 Å². The number of pyridine rings is 1. The van der Waals surface area contributed by atoms with Crippen LogP contribution >= 0.6 is 0 Å². The zero-order valence-electron chi connectivity index (χ0n) is 16.9. The molecule has 0 aliphatic carbocycles. The number of fused-ring (bicyclic) bond motifs is 1. The molecule has 0 spiro atoms. The van der Waals surface area contributed by atoms with Gasteiger partial charge in [0.1, 0.15) is 0 Å². The molecule has 0 fully saturated rings. The molecular formula is C24H22N4O2. The summed E-state index contributed by atoms with van der Waals surface area (Å²) in [5, 5.41) is 8.25. The van der Waals surface area contributed by atoms with Crippen LogP contribution in [0.2, 0.25) is 0 Å². The van der Waals surface area contributed by atoms with Crippen LogP contribution in [-0.4, -0.2) is 33.0 Å². The summed E-state index contributed by atoms with van der Waals surface area (Å²) in [6.07, 6.45) is 2.35. The topological polar surface area (TPSA) is 76.9 Å². The van der Waals surface area contributed by atoms with Gasteiger partial charge in [-0.2, -0.15) is 5.10 Å². The molecule has 2 aromatic heterocycles. The highest BCUT2D eigenvalue weighted by molar-refractivity contribution is 6.43. The average Bonchev–Trinajstić information content (AvgIpc) is 3.07. The van der Waals surface area contributed by atoms with Crippen molar-refractivity contribution in [3.8, 4) is 5.69 Å². The van der Waals surface area contributed by atoms with Gasteiger partial charge in [-0.3, -0.25) is 14.6 Å². The van der Waals surface area contributed by atoms with E-state index in [4.69, 9.17) is 0 Å². The molecule has 4 rings (SSSR count). The van der Waals surface area contributed by atoms with Crippen LogP contribution in [0.1, 0.15) is 27.3 Å². The van der Waals surface area contributed by atoms with Gasteiger partial charge in [0, 0.05) is 18.1 Å². The lowest BCUT2D eigenvalue weighted by atomic mass is 10.1. The minimum absolute atomic E-state index is 0.350. The third-order valence-electron chi connectivity index (χ3n) is 5.12. The van der Waals surface area contributed by atoms with E-state index in [-0.39, 0.29) is 0 Å². The molecule has 0 bridgehead atoms. The Hall–Kier alpha value is -3.80. The zero-order chi connectivity index (χ0) is 21.1. The molecule has 0 saturated carbocycles. The molecule has 0 saturated heterocycles. The summed E-state index contributed by atoms with van der Waals surface area (Å²) in [6.45, 7) is 3.90. The average molecular weight is 398 g/mol. The molecule has 30 heavy (non-hydrogen) atoms. The van der Waals surface area contributed by atoms with Gasteiger partial charge in [0.2, 0.25) is 0 Å². The molecule has 0 unspecified atom stereocenters. The predicted molar refractivity (Wildman–Crippen MR) is 116 cm³/mol. The van der Waals surface area contributed by atoms with Crippen LogP contribution in [0, 0.1) is 13.8 Å². The minimum atomic E-state index is -0.623. The fraction of sp³-hybridized carbons (Fsp3) is 0.167. The first-order valence-electron chi connectivity index (χ1n) is 9.83. The maximum atomic E-state index is 12.8. The van der Waals surface area contributed by atoms with E-state index >= 15 is 0 Å². The number of rotatable bonds is 6. The van der Waals surface area contributed by atoms with Crippen LogP contribution in [0.5, 0.6) is 0 Å². The van der Waals surface area contributed by atoms with E-state index in [1.54, 1.807) is 24.7 Å². The SMILES string of the molecule is Cc1nn(-c2ccccc2)c(C)c1C(=O)C(=O)NCCc1cccc2cccnc12. The van der Waals surface area contributed by atoms with Crippen molar-refractivity contribution in [2.45, 2.75) is 20.3 Å². The van der Waals surface area contributed by atoms with Crippen molar-refractivity contribution in [2.24, 2.45) is 0 Å². The van der Waals surface area contributed by atoms with Gasteiger partial charge in [-0.1, -0.05) is 42.5 Å². The molecule has 0 atom stereocenters. The van der Waals surface area contributed by atoms with Crippen LogP contribution in [0.25, 0.3) is 16.6 Å². The summed E-state index contributed by atoms with van der Waals surface area (Å²) in [7, 11) is 0. The van der Waals surface area contributed by atoms with E-state index < -0.39 is 11.7 Å². The highest BCUT2D eigenvalue weighted by atomic mass is 16.2. The van der Waals surface area contributed by atoms with E-state index in [2.05, 4.69) is 15.4 Å². The normalized spacial score (nSPS) is 10.9. The summed E-state index contributed by atoms with van der Waals surface area (Å²) < 4.78 is 1.69. The lowest BCUT2D eigenvalue weighted by molar-refractivity contribution is -0.116. The first-order valence-corrected chi connectivity index (χ1v) is 9.83. The Morgan fingerprint density at radius 1 is 0.967 bits per heavy atom. The predicted octanol–water partition coefficient (Wildman–Crippen LogP) is 3.58. The van der Waals surface area contributed by atoms with Crippen molar-refractivity contribution in [1.82, 2.24) is 20.1 Å². The van der Waals surface area contributed by atoms with Crippen molar-refractivity contribution >= 4 is 22.6 Å². The molecule has 1 N–H and O–H groups in total. The number of nitrogens with zero attached hydrogens (tertiary/aromatic N) is 3. The highest BCUT2D eigenvalue weighted by Crippen LogP contribution is 2.19. The van der Waals surface area contributed by atoms with E-state index in [0.29, 0.717) is 29.9 Å². The van der Waals surface area contributed by atoms with E-state index in [0.717, 1.165) is 22.2 Å². The third kappa shape index (κ3) is 3.72. The first-order chi connectivity index (χ1) is 14.6. The fourth-order valence-electron chi connectivity index (χ4n) is 3.67. The first kappa shape index (κ1) is 19.5. The number of hydrogen-bond acceptors (Lipinski definition) is 4. The van der Waals surface area contributed by atoms with Gasteiger partial charge >= 0.3 is 0 Å². The molecule has 4 aromatic rings. The summed E-state index contributed by atoms with van der Waals surface area (Å²) in [5.41, 5.74) is 4.33. The Morgan fingerprint density at radius 3 is 2.53 bits per heavy atom. The molecule has 6 nitrogen and oxygen atoms in total. The minimum Gasteiger partial charge on any atom is -0.349 e. The zero-order valence-corrected chi connectivity index (χ0v) is 16.9. The number of aryl methyl sites for hydroxylation is 1. The largest absolute Gasteiger partial charge is 0.349 e. The van der Waals surface area contributed by atoms with Gasteiger partial charge in [0.05, 0.1) is 28.2 Å². The Bertz CT molecular complexity index is 1220. The lowest BCUT2D eigenvalue weighted by Crippen LogP contribution is -2.33. The maximum Gasteiger partial charge on any atom is 0.292 e. The van der Waals surface area contributed by atoms with Gasteiger partial charge < -0.3 is 5.32 Å². The molecule has 2 heterocycles. The second kappa shape index (κ2) is 8.29. The van der Waals surface area contributed by atoms with Crippen LogP contribution in [0.15, 0.2) is 66.9 Å². The molecular weight excluding hydrogens is 376 g/mol. The van der Waals surface area contributed by atoms with Gasteiger partial charge in [-0.15, -0.1) is 0 Å². The molecule has 0 radical (unpaired) electrons. The molecule has 0 aliphatic rings. The van der Waals surface area contributed by atoms with Gasteiger partial charge in [0.15, 0.2) is 0 Å². The number of para-hydroxylation sites is 2. The van der Waals surface area contributed by atoms with Crippen LogP contribution < -0.4 is 5.32 Å². The standard InChI is InChI=1S/C24H22N4O2/c1-16-21(17(2)28(27-16)20-11-4-3-5-12-20)23(29)24(30)26-15-13-19-9-6-8-18-10-7-14-25-22(18)19/h3-12,14H,13,15H2,1-2H3,(H,26,30). The fourth-order valence-corrected chi connectivity index (χ4v) is 3.67. The molecule has 1 amide bonds. The number of nitrogens with one attached hydrogen (secondary N) is 1. The number of amides is 1. The summed E-state index contributed by atoms with van der Waals surface area (Å²) in [6, 6.07) is 19.4. The van der Waals surface area contributed by atoms with Gasteiger partial charge in [-0.25, -0.2) is 4.68 Å². The smallest absolute Gasteiger partial charge is 0.292 e. The molecule has 0 aliphatic heterocycles. The summed E-state index contributed by atoms with van der Waals surface area (Å²) in [5.74, 6) is -1.19. The Labute approximate surface area is 174 Å². The number of ketones is 1. The number of carbonyl (C=O) groups excluding carboxylic acids is 2. The Balaban J connectivity index is 1.47. The molecule has 6 heteroatoms. The van der Waals surface area contributed by atoms with E-state index in [9.17, 15) is 9.59 Å². The van der Waals surface area contributed by atoms with Crippen molar-refractivity contribution in [1.29, 1.82) is 0 Å².